The van der Waals surface area contributed by atoms with Crippen molar-refractivity contribution in [1.29, 1.82) is 0 Å². The molecule has 1 fully saturated rings. The first-order valence-electron chi connectivity index (χ1n) is 11.0. The number of anilines is 1. The van der Waals surface area contributed by atoms with Gasteiger partial charge < -0.3 is 29.9 Å². The second kappa shape index (κ2) is 11.9. The predicted octanol–water partition coefficient (Wildman–Crippen LogP) is 2.81. The average molecular weight is 420 g/mol. The molecule has 1 unspecified atom stereocenters. The van der Waals surface area contributed by atoms with Crippen LogP contribution in [-0.2, 0) is 0 Å². The summed E-state index contributed by atoms with van der Waals surface area (Å²) in [5.74, 6) is 3.22. The number of methoxy groups -OCH3 is 2. The predicted molar refractivity (Wildman–Crippen MR) is 126 cm³/mol. The lowest BCUT2D eigenvalue weighted by Crippen LogP contribution is -2.51. The Labute approximate surface area is 182 Å². The first kappa shape index (κ1) is 24.1. The van der Waals surface area contributed by atoms with Gasteiger partial charge in [-0.3, -0.25) is 4.99 Å². The molecule has 30 heavy (non-hydrogen) atoms. The molecule has 0 radical (unpaired) electrons. The SMILES string of the molecule is CN=C(NCC(CC(C)C)N(C)C)NC1CCN(c2cc(OC)cc(OC)c2)CC1. The standard InChI is InChI=1S/C23H41N5O2/c1-17(2)12-20(27(4)5)16-25-23(24-3)26-18-8-10-28(11-9-18)19-13-21(29-6)15-22(14-19)30-7/h13-15,17-18,20H,8-12,16H2,1-7H3,(H2,24,25,26). The summed E-state index contributed by atoms with van der Waals surface area (Å²) in [4.78, 5) is 9.13. The van der Waals surface area contributed by atoms with Gasteiger partial charge in [0.15, 0.2) is 5.96 Å². The number of nitrogens with zero attached hydrogens (tertiary/aromatic N) is 3. The molecule has 1 aromatic carbocycles. The third-order valence-electron chi connectivity index (χ3n) is 5.74. The topological polar surface area (TPSA) is 61.4 Å². The molecule has 2 rings (SSSR count). The molecule has 1 saturated heterocycles. The van der Waals surface area contributed by atoms with E-state index >= 15 is 0 Å². The number of nitrogens with one attached hydrogen (secondary N) is 2. The van der Waals surface area contributed by atoms with E-state index < -0.39 is 0 Å². The summed E-state index contributed by atoms with van der Waals surface area (Å²) in [6.45, 7) is 7.41. The van der Waals surface area contributed by atoms with Gasteiger partial charge >= 0.3 is 0 Å². The number of likely N-dealkylation sites (N-methyl/N-ethyl adjacent to an activating group) is 1. The highest BCUT2D eigenvalue weighted by molar-refractivity contribution is 5.80. The van der Waals surface area contributed by atoms with E-state index in [-0.39, 0.29) is 0 Å². The minimum absolute atomic E-state index is 0.419. The highest BCUT2D eigenvalue weighted by Gasteiger charge is 2.22. The van der Waals surface area contributed by atoms with E-state index in [1.807, 2.05) is 13.1 Å². The van der Waals surface area contributed by atoms with Gasteiger partial charge in [-0.15, -0.1) is 0 Å². The Bertz CT molecular complexity index is 647. The molecule has 0 aliphatic carbocycles. The van der Waals surface area contributed by atoms with Crippen molar-refractivity contribution >= 4 is 11.6 Å². The van der Waals surface area contributed by atoms with Gasteiger partial charge in [-0.25, -0.2) is 0 Å². The number of hydrogen-bond acceptors (Lipinski definition) is 5. The Morgan fingerprint density at radius 1 is 1.13 bits per heavy atom. The smallest absolute Gasteiger partial charge is 0.191 e. The van der Waals surface area contributed by atoms with Crippen molar-refractivity contribution < 1.29 is 9.47 Å². The number of piperidine rings is 1. The van der Waals surface area contributed by atoms with Gasteiger partial charge in [0.1, 0.15) is 11.5 Å². The Morgan fingerprint density at radius 2 is 1.73 bits per heavy atom. The molecular weight excluding hydrogens is 378 g/mol. The van der Waals surface area contributed by atoms with Gasteiger partial charge in [0, 0.05) is 62.7 Å². The van der Waals surface area contributed by atoms with Crippen molar-refractivity contribution in [2.24, 2.45) is 10.9 Å². The summed E-state index contributed by atoms with van der Waals surface area (Å²) in [7, 11) is 9.52. The lowest BCUT2D eigenvalue weighted by atomic mass is 10.0. The minimum atomic E-state index is 0.419. The van der Waals surface area contributed by atoms with Crippen molar-refractivity contribution in [2.75, 3.05) is 59.9 Å². The van der Waals surface area contributed by atoms with Crippen molar-refractivity contribution in [3.63, 3.8) is 0 Å². The van der Waals surface area contributed by atoms with Crippen molar-refractivity contribution in [1.82, 2.24) is 15.5 Å². The molecule has 2 N–H and O–H groups in total. The van der Waals surface area contributed by atoms with E-state index in [4.69, 9.17) is 9.47 Å². The molecule has 0 aromatic heterocycles. The first-order valence-corrected chi connectivity index (χ1v) is 11.0. The summed E-state index contributed by atoms with van der Waals surface area (Å²) < 4.78 is 10.8. The monoisotopic (exact) mass is 419 g/mol. The molecule has 0 bridgehead atoms. The number of rotatable bonds is 9. The van der Waals surface area contributed by atoms with Crippen LogP contribution in [-0.4, -0.2) is 77.9 Å². The van der Waals surface area contributed by atoms with Crippen molar-refractivity contribution in [3.8, 4) is 11.5 Å². The molecule has 1 aromatic rings. The molecule has 7 nitrogen and oxygen atoms in total. The molecule has 0 saturated carbocycles. The highest BCUT2D eigenvalue weighted by atomic mass is 16.5. The van der Waals surface area contributed by atoms with Gasteiger partial charge in [-0.1, -0.05) is 13.8 Å². The molecule has 7 heteroatoms. The van der Waals surface area contributed by atoms with Crippen LogP contribution in [0.2, 0.25) is 0 Å². The van der Waals surface area contributed by atoms with E-state index in [2.05, 4.69) is 65.5 Å². The number of ether oxygens (including phenoxy) is 2. The summed E-state index contributed by atoms with van der Waals surface area (Å²) in [6.07, 6.45) is 3.28. The molecule has 0 spiro atoms. The Hall–Kier alpha value is -2.15. The Kier molecular flexibility index (Phi) is 9.56. The number of guanidine groups is 1. The zero-order chi connectivity index (χ0) is 22.1. The highest BCUT2D eigenvalue weighted by Crippen LogP contribution is 2.30. The first-order chi connectivity index (χ1) is 14.4. The maximum atomic E-state index is 5.42. The normalized spacial score (nSPS) is 16.7. The zero-order valence-electron chi connectivity index (χ0n) is 19.9. The van der Waals surface area contributed by atoms with Gasteiger partial charge in [-0.2, -0.15) is 0 Å². The van der Waals surface area contributed by atoms with Gasteiger partial charge in [0.2, 0.25) is 0 Å². The molecule has 1 aliphatic heterocycles. The van der Waals surface area contributed by atoms with E-state index in [0.717, 1.165) is 55.6 Å². The molecule has 170 valence electrons. The summed E-state index contributed by atoms with van der Waals surface area (Å²) >= 11 is 0. The van der Waals surface area contributed by atoms with E-state index in [1.165, 1.54) is 6.42 Å². The maximum Gasteiger partial charge on any atom is 0.191 e. The second-order valence-corrected chi connectivity index (χ2v) is 8.68. The largest absolute Gasteiger partial charge is 0.497 e. The molecule has 0 amide bonds. The summed E-state index contributed by atoms with van der Waals surface area (Å²) in [6, 6.07) is 6.98. The fourth-order valence-electron chi connectivity index (χ4n) is 3.88. The molecule has 1 heterocycles. The maximum absolute atomic E-state index is 5.42. The van der Waals surface area contributed by atoms with E-state index in [0.29, 0.717) is 18.0 Å². The van der Waals surface area contributed by atoms with E-state index in [1.54, 1.807) is 14.2 Å². The Morgan fingerprint density at radius 3 is 2.20 bits per heavy atom. The lowest BCUT2D eigenvalue weighted by Gasteiger charge is -2.35. The van der Waals surface area contributed by atoms with Crippen LogP contribution in [0.4, 0.5) is 5.69 Å². The van der Waals surface area contributed by atoms with E-state index in [9.17, 15) is 0 Å². The van der Waals surface area contributed by atoms with Crippen LogP contribution in [0, 0.1) is 5.92 Å². The third-order valence-corrected chi connectivity index (χ3v) is 5.74. The molecule has 1 atom stereocenters. The second-order valence-electron chi connectivity index (χ2n) is 8.68. The van der Waals surface area contributed by atoms with Crippen LogP contribution in [0.3, 0.4) is 0 Å². The lowest BCUT2D eigenvalue weighted by molar-refractivity contribution is 0.254. The van der Waals surface area contributed by atoms with Crippen LogP contribution in [0.1, 0.15) is 33.1 Å². The van der Waals surface area contributed by atoms with Crippen LogP contribution in [0.25, 0.3) is 0 Å². The van der Waals surface area contributed by atoms with Crippen LogP contribution < -0.4 is 25.0 Å². The quantitative estimate of drug-likeness (QED) is 0.474. The van der Waals surface area contributed by atoms with Crippen molar-refractivity contribution in [2.45, 2.75) is 45.2 Å². The Balaban J connectivity index is 1.87. The summed E-state index contributed by atoms with van der Waals surface area (Å²) in [5, 5.41) is 7.14. The minimum Gasteiger partial charge on any atom is -0.497 e. The van der Waals surface area contributed by atoms with Gasteiger partial charge in [-0.05, 0) is 39.3 Å². The zero-order valence-corrected chi connectivity index (χ0v) is 19.9. The van der Waals surface area contributed by atoms with Crippen LogP contribution in [0.15, 0.2) is 23.2 Å². The molecular formula is C23H41N5O2. The average Bonchev–Trinajstić information content (AvgIpc) is 2.75. The van der Waals surface area contributed by atoms with Crippen LogP contribution in [0.5, 0.6) is 11.5 Å². The number of aliphatic imine (C=N–C) groups is 1. The fourth-order valence-corrected chi connectivity index (χ4v) is 3.88. The number of hydrogen-bond donors (Lipinski definition) is 2. The van der Waals surface area contributed by atoms with Gasteiger partial charge in [0.05, 0.1) is 14.2 Å². The fraction of sp³-hybridized carbons (Fsp3) is 0.696. The van der Waals surface area contributed by atoms with Crippen molar-refractivity contribution in [3.05, 3.63) is 18.2 Å². The molecule has 1 aliphatic rings. The summed E-state index contributed by atoms with van der Waals surface area (Å²) in [5.41, 5.74) is 1.15. The van der Waals surface area contributed by atoms with Crippen LogP contribution >= 0.6 is 0 Å². The van der Waals surface area contributed by atoms with Gasteiger partial charge in [0.25, 0.3) is 0 Å². The number of benzene rings is 1. The third kappa shape index (κ3) is 7.27.